The van der Waals surface area contributed by atoms with Crippen LogP contribution < -0.4 is 10.5 Å². The van der Waals surface area contributed by atoms with Crippen molar-refractivity contribution in [2.75, 3.05) is 25.7 Å². The lowest BCUT2D eigenvalue weighted by atomic mass is 10.2. The average Bonchev–Trinajstić information content (AvgIpc) is 3.12. The van der Waals surface area contributed by atoms with Gasteiger partial charge >= 0.3 is 0 Å². The van der Waals surface area contributed by atoms with Gasteiger partial charge in [-0.25, -0.2) is 4.40 Å². The van der Waals surface area contributed by atoms with E-state index in [4.69, 9.17) is 0 Å². The molecular weight excluding hydrogens is 370 g/mol. The highest BCUT2D eigenvalue weighted by Gasteiger charge is 2.33. The molecule has 1 aromatic carbocycles. The van der Waals surface area contributed by atoms with Crippen molar-refractivity contribution in [1.29, 1.82) is 0 Å². The van der Waals surface area contributed by atoms with Crippen molar-refractivity contribution < 1.29 is 9.90 Å². The number of rotatable bonds is 4. The molecule has 0 unspecified atom stereocenters. The Morgan fingerprint density at radius 1 is 1.14 bits per heavy atom. The zero-order chi connectivity index (χ0) is 20.7. The highest BCUT2D eigenvalue weighted by Crippen LogP contribution is 2.30. The summed E-state index contributed by atoms with van der Waals surface area (Å²) in [6, 6.07) is 9.57. The molecule has 2 aromatic heterocycles. The summed E-state index contributed by atoms with van der Waals surface area (Å²) in [6.45, 7) is 2.52. The Hall–Kier alpha value is -3.55. The van der Waals surface area contributed by atoms with Crippen LogP contribution in [-0.4, -0.2) is 50.6 Å². The van der Waals surface area contributed by atoms with Gasteiger partial charge in [0.15, 0.2) is 11.5 Å². The van der Waals surface area contributed by atoms with Gasteiger partial charge in [0.05, 0.1) is 18.8 Å². The predicted octanol–water partition coefficient (Wildman–Crippen LogP) is 1.85. The fourth-order valence-electron chi connectivity index (χ4n) is 3.67. The van der Waals surface area contributed by atoms with Crippen LogP contribution in [0.4, 0.5) is 5.82 Å². The number of benzene rings is 1. The first-order valence-corrected chi connectivity index (χ1v) is 9.42. The van der Waals surface area contributed by atoms with Crippen LogP contribution in [-0.2, 0) is 13.0 Å². The second-order valence-electron chi connectivity index (χ2n) is 7.21. The molecule has 0 atom stereocenters. The highest BCUT2D eigenvalue weighted by atomic mass is 16.3. The fraction of sp³-hybridized carbons (Fsp3) is 0.286. The number of anilines is 1. The van der Waals surface area contributed by atoms with E-state index in [1.807, 2.05) is 55.3 Å². The Morgan fingerprint density at radius 3 is 2.55 bits per heavy atom. The van der Waals surface area contributed by atoms with Gasteiger partial charge in [0.25, 0.3) is 11.5 Å². The molecule has 0 bridgehead atoms. The molecular formula is C21H23N5O3. The lowest BCUT2D eigenvalue weighted by Crippen LogP contribution is -2.43. The van der Waals surface area contributed by atoms with Crippen LogP contribution in [0.25, 0.3) is 5.78 Å². The van der Waals surface area contributed by atoms with E-state index in [9.17, 15) is 14.7 Å². The molecule has 0 aliphatic carbocycles. The molecule has 0 radical (unpaired) electrons. The van der Waals surface area contributed by atoms with Gasteiger partial charge in [0, 0.05) is 20.5 Å². The Labute approximate surface area is 167 Å². The third-order valence-corrected chi connectivity index (χ3v) is 5.14. The third-order valence-electron chi connectivity index (χ3n) is 5.14. The Kier molecular flexibility index (Phi) is 4.62. The van der Waals surface area contributed by atoms with Crippen molar-refractivity contribution in [3.63, 3.8) is 0 Å². The van der Waals surface area contributed by atoms with E-state index in [2.05, 4.69) is 4.98 Å². The van der Waals surface area contributed by atoms with Crippen LogP contribution in [0.3, 0.4) is 0 Å². The molecule has 29 heavy (non-hydrogen) atoms. The molecule has 1 aliphatic heterocycles. The molecule has 1 N–H and O–H groups in total. The second-order valence-corrected chi connectivity index (χ2v) is 7.21. The van der Waals surface area contributed by atoms with Gasteiger partial charge in [-0.15, -0.1) is 0 Å². The summed E-state index contributed by atoms with van der Waals surface area (Å²) in [5, 5.41) is 11.0. The summed E-state index contributed by atoms with van der Waals surface area (Å²) < 4.78 is 2.93. The van der Waals surface area contributed by atoms with Crippen molar-refractivity contribution in [1.82, 2.24) is 18.9 Å². The van der Waals surface area contributed by atoms with E-state index in [-0.39, 0.29) is 47.3 Å². The molecule has 3 heterocycles. The van der Waals surface area contributed by atoms with Crippen molar-refractivity contribution in [2.45, 2.75) is 19.9 Å². The van der Waals surface area contributed by atoms with Crippen LogP contribution in [0, 0.1) is 0 Å². The monoisotopic (exact) mass is 393 g/mol. The van der Waals surface area contributed by atoms with E-state index < -0.39 is 0 Å². The lowest BCUT2D eigenvalue weighted by Gasteiger charge is -2.30. The second kappa shape index (κ2) is 7.12. The zero-order valence-corrected chi connectivity index (χ0v) is 16.7. The third kappa shape index (κ3) is 2.97. The number of amides is 1. The van der Waals surface area contributed by atoms with Gasteiger partial charge in [-0.2, -0.15) is 4.98 Å². The van der Waals surface area contributed by atoms with Gasteiger partial charge in [-0.3, -0.25) is 14.2 Å². The van der Waals surface area contributed by atoms with Gasteiger partial charge in [0.2, 0.25) is 11.7 Å². The van der Waals surface area contributed by atoms with Crippen molar-refractivity contribution >= 4 is 17.5 Å². The maximum Gasteiger partial charge on any atom is 0.276 e. The standard InChI is InChI=1S/C21H23N5O3/c1-4-5-11-15-18(27)25(12-14-9-7-6-8-10-14)21-22-17-16(26(21)19(15)28)20(29)24(3)13-23(17)2/h4-10,28H,11-13H2,1-3H3. The fourth-order valence-corrected chi connectivity index (χ4v) is 3.67. The molecule has 0 spiro atoms. The highest BCUT2D eigenvalue weighted by molar-refractivity contribution is 6.00. The molecule has 150 valence electrons. The molecule has 1 amide bonds. The van der Waals surface area contributed by atoms with E-state index in [1.165, 1.54) is 8.97 Å². The summed E-state index contributed by atoms with van der Waals surface area (Å²) >= 11 is 0. The minimum absolute atomic E-state index is 0.232. The topological polar surface area (TPSA) is 83.1 Å². The van der Waals surface area contributed by atoms with E-state index in [0.29, 0.717) is 12.5 Å². The van der Waals surface area contributed by atoms with Gasteiger partial charge in [-0.05, 0) is 12.5 Å². The van der Waals surface area contributed by atoms with Crippen LogP contribution in [0.5, 0.6) is 5.88 Å². The maximum absolute atomic E-state index is 13.3. The Bertz CT molecular complexity index is 1180. The molecule has 0 fully saturated rings. The number of imidazole rings is 1. The number of nitrogens with zero attached hydrogens (tertiary/aromatic N) is 5. The Balaban J connectivity index is 2.06. The minimum atomic E-state index is -0.317. The summed E-state index contributed by atoms with van der Waals surface area (Å²) in [5.74, 6) is 0.217. The first-order valence-electron chi connectivity index (χ1n) is 9.42. The van der Waals surface area contributed by atoms with Crippen molar-refractivity contribution in [2.24, 2.45) is 0 Å². The van der Waals surface area contributed by atoms with E-state index in [1.54, 1.807) is 18.0 Å². The maximum atomic E-state index is 13.3. The Morgan fingerprint density at radius 2 is 1.86 bits per heavy atom. The molecule has 8 nitrogen and oxygen atoms in total. The number of carbonyl (C=O) groups is 1. The van der Waals surface area contributed by atoms with E-state index >= 15 is 0 Å². The number of aromatic nitrogens is 3. The molecule has 3 aromatic rings. The average molecular weight is 393 g/mol. The van der Waals surface area contributed by atoms with Crippen molar-refractivity contribution in [3.8, 4) is 5.88 Å². The molecule has 0 saturated heterocycles. The normalized spacial score (nSPS) is 14.2. The smallest absolute Gasteiger partial charge is 0.276 e. The van der Waals surface area contributed by atoms with Crippen LogP contribution in [0.2, 0.25) is 0 Å². The van der Waals surface area contributed by atoms with Gasteiger partial charge in [0.1, 0.15) is 0 Å². The number of fused-ring (bicyclic) bond motifs is 3. The zero-order valence-electron chi connectivity index (χ0n) is 16.7. The van der Waals surface area contributed by atoms with Crippen molar-refractivity contribution in [3.05, 3.63) is 69.7 Å². The quantitative estimate of drug-likeness (QED) is 0.684. The van der Waals surface area contributed by atoms with Crippen LogP contribution in [0.1, 0.15) is 28.5 Å². The summed E-state index contributed by atoms with van der Waals surface area (Å²) in [7, 11) is 3.52. The number of aromatic hydroxyl groups is 1. The molecule has 4 rings (SSSR count). The lowest BCUT2D eigenvalue weighted by molar-refractivity contribution is 0.0776. The van der Waals surface area contributed by atoms with E-state index in [0.717, 1.165) is 5.56 Å². The summed E-state index contributed by atoms with van der Waals surface area (Å²) in [4.78, 5) is 34.1. The van der Waals surface area contributed by atoms with Gasteiger partial charge in [-0.1, -0.05) is 42.5 Å². The molecule has 8 heteroatoms. The first kappa shape index (κ1) is 18.8. The number of hydrogen-bond acceptors (Lipinski definition) is 5. The summed E-state index contributed by atoms with van der Waals surface area (Å²) in [5.41, 5.74) is 1.10. The largest absolute Gasteiger partial charge is 0.494 e. The number of carbonyl (C=O) groups excluding carboxylic acids is 1. The minimum Gasteiger partial charge on any atom is -0.494 e. The summed E-state index contributed by atoms with van der Waals surface area (Å²) in [6.07, 6.45) is 3.89. The number of hydrogen-bond donors (Lipinski definition) is 1. The SMILES string of the molecule is CC=CCc1c(O)n2c3c(nc2n(Cc2ccccc2)c1=O)N(C)CN(C)C3=O. The van der Waals surface area contributed by atoms with Crippen LogP contribution >= 0.6 is 0 Å². The molecule has 0 saturated carbocycles. The molecule has 1 aliphatic rings. The predicted molar refractivity (Wildman–Crippen MR) is 111 cm³/mol. The van der Waals surface area contributed by atoms with Gasteiger partial charge < -0.3 is 14.9 Å². The van der Waals surface area contributed by atoms with Crippen LogP contribution in [0.15, 0.2) is 47.3 Å². The number of allylic oxidation sites excluding steroid dienone is 2. The first-order chi connectivity index (χ1) is 13.9.